The van der Waals surface area contributed by atoms with E-state index in [4.69, 9.17) is 4.74 Å². The topological polar surface area (TPSA) is 60.8 Å². The first-order valence-electron chi connectivity index (χ1n) is 6.14. The van der Waals surface area contributed by atoms with Gasteiger partial charge in [-0.2, -0.15) is 4.98 Å². The number of hydrogen-bond acceptors (Lipinski definition) is 5. The summed E-state index contributed by atoms with van der Waals surface area (Å²) in [7, 11) is 0. The normalized spacial score (nSPS) is 10.7. The maximum absolute atomic E-state index is 12.9. The molecule has 0 fully saturated rings. The second-order valence-electron chi connectivity index (χ2n) is 4.05. The third kappa shape index (κ3) is 2.27. The molecular weight excluding hydrogens is 259 g/mol. The third-order valence-corrected chi connectivity index (χ3v) is 2.73. The molecule has 2 heterocycles. The molecule has 1 aromatic carbocycles. The molecule has 0 amide bonds. The summed E-state index contributed by atoms with van der Waals surface area (Å²) in [6.07, 6.45) is 2.98. The smallest absolute Gasteiger partial charge is 0.245 e. The molecule has 0 aliphatic rings. The maximum atomic E-state index is 12.9. The van der Waals surface area contributed by atoms with E-state index >= 15 is 0 Å². The van der Waals surface area contributed by atoms with Crippen LogP contribution in [0.2, 0.25) is 0 Å². The lowest BCUT2D eigenvalue weighted by Crippen LogP contribution is -1.99. The zero-order valence-electron chi connectivity index (χ0n) is 10.7. The predicted molar refractivity (Wildman–Crippen MR) is 71.7 cm³/mol. The van der Waals surface area contributed by atoms with Crippen LogP contribution in [-0.2, 0) is 0 Å². The highest BCUT2D eigenvalue weighted by atomic mass is 19.1. The molecule has 0 unspecified atom stereocenters. The average Bonchev–Trinajstić information content (AvgIpc) is 2.48. The van der Waals surface area contributed by atoms with E-state index in [0.29, 0.717) is 29.3 Å². The molecule has 100 valence electrons. The number of ether oxygens (including phenoxy) is 1. The first-order chi connectivity index (χ1) is 9.78. The molecule has 0 atom stereocenters. The van der Waals surface area contributed by atoms with Crippen LogP contribution in [0.4, 0.5) is 4.39 Å². The number of aromatic nitrogens is 4. The molecular formula is C14H11FN4O. The van der Waals surface area contributed by atoms with E-state index in [9.17, 15) is 4.39 Å². The zero-order chi connectivity index (χ0) is 13.9. The molecule has 0 bridgehead atoms. The summed E-state index contributed by atoms with van der Waals surface area (Å²) in [5.74, 6) is 0.106. The van der Waals surface area contributed by atoms with Gasteiger partial charge in [0, 0.05) is 5.56 Å². The molecule has 20 heavy (non-hydrogen) atoms. The van der Waals surface area contributed by atoms with Gasteiger partial charge in [0.15, 0.2) is 11.2 Å². The lowest BCUT2D eigenvalue weighted by atomic mass is 10.1. The molecule has 0 N–H and O–H groups in total. The molecule has 2 aromatic heterocycles. The van der Waals surface area contributed by atoms with Gasteiger partial charge in [-0.15, -0.1) is 0 Å². The number of rotatable bonds is 3. The lowest BCUT2D eigenvalue weighted by Gasteiger charge is -2.06. The number of nitrogens with zero attached hydrogens (tertiary/aromatic N) is 4. The molecule has 0 aliphatic heterocycles. The van der Waals surface area contributed by atoms with E-state index in [0.717, 1.165) is 5.56 Å². The molecule has 3 aromatic rings. The number of fused-ring (bicyclic) bond motifs is 1. The van der Waals surface area contributed by atoms with Crippen LogP contribution in [-0.4, -0.2) is 26.5 Å². The highest BCUT2D eigenvalue weighted by Crippen LogP contribution is 2.22. The van der Waals surface area contributed by atoms with Crippen molar-refractivity contribution in [3.8, 4) is 17.1 Å². The summed E-state index contributed by atoms with van der Waals surface area (Å²) in [6, 6.07) is 6.06. The van der Waals surface area contributed by atoms with Gasteiger partial charge in [0.05, 0.1) is 18.5 Å². The summed E-state index contributed by atoms with van der Waals surface area (Å²) >= 11 is 0. The SMILES string of the molecule is CCOc1ncnc2ncc(-c3ccc(F)cc3)nc12. The van der Waals surface area contributed by atoms with Crippen molar-refractivity contribution in [3.05, 3.63) is 42.6 Å². The van der Waals surface area contributed by atoms with Crippen molar-refractivity contribution < 1.29 is 9.13 Å². The van der Waals surface area contributed by atoms with Crippen molar-refractivity contribution in [1.29, 1.82) is 0 Å². The van der Waals surface area contributed by atoms with Gasteiger partial charge in [0.1, 0.15) is 12.1 Å². The largest absolute Gasteiger partial charge is 0.476 e. The molecule has 0 saturated heterocycles. The highest BCUT2D eigenvalue weighted by Gasteiger charge is 2.09. The van der Waals surface area contributed by atoms with Crippen molar-refractivity contribution in [2.75, 3.05) is 6.61 Å². The lowest BCUT2D eigenvalue weighted by molar-refractivity contribution is 0.330. The quantitative estimate of drug-likeness (QED) is 0.732. The van der Waals surface area contributed by atoms with E-state index < -0.39 is 0 Å². The summed E-state index contributed by atoms with van der Waals surface area (Å²) < 4.78 is 18.4. The second-order valence-corrected chi connectivity index (χ2v) is 4.05. The monoisotopic (exact) mass is 270 g/mol. The fraction of sp³-hybridized carbons (Fsp3) is 0.143. The minimum absolute atomic E-state index is 0.291. The number of benzene rings is 1. The Morgan fingerprint density at radius 1 is 1.10 bits per heavy atom. The Bertz CT molecular complexity index is 746. The van der Waals surface area contributed by atoms with Crippen LogP contribution >= 0.6 is 0 Å². The van der Waals surface area contributed by atoms with Crippen LogP contribution in [0.15, 0.2) is 36.8 Å². The second kappa shape index (κ2) is 5.16. The Morgan fingerprint density at radius 2 is 1.90 bits per heavy atom. The van der Waals surface area contributed by atoms with Crippen molar-refractivity contribution in [2.45, 2.75) is 6.92 Å². The predicted octanol–water partition coefficient (Wildman–Crippen LogP) is 2.62. The van der Waals surface area contributed by atoms with Gasteiger partial charge in [-0.3, -0.25) is 0 Å². The molecule has 0 aliphatic carbocycles. The minimum atomic E-state index is -0.291. The number of halogens is 1. The van der Waals surface area contributed by atoms with E-state index in [1.807, 2.05) is 6.92 Å². The first kappa shape index (κ1) is 12.4. The van der Waals surface area contributed by atoms with Crippen LogP contribution in [0.25, 0.3) is 22.4 Å². The molecule has 0 radical (unpaired) electrons. The van der Waals surface area contributed by atoms with Gasteiger partial charge < -0.3 is 4.74 Å². The summed E-state index contributed by atoms with van der Waals surface area (Å²) in [5, 5.41) is 0. The van der Waals surface area contributed by atoms with Gasteiger partial charge in [-0.1, -0.05) is 0 Å². The summed E-state index contributed by atoms with van der Waals surface area (Å²) in [4.78, 5) is 16.8. The van der Waals surface area contributed by atoms with Gasteiger partial charge in [0.2, 0.25) is 5.88 Å². The summed E-state index contributed by atoms with van der Waals surface area (Å²) in [6.45, 7) is 2.35. The molecule has 5 nitrogen and oxygen atoms in total. The van der Waals surface area contributed by atoms with Gasteiger partial charge in [0.25, 0.3) is 0 Å². The van der Waals surface area contributed by atoms with E-state index in [2.05, 4.69) is 19.9 Å². The Balaban J connectivity index is 2.13. The average molecular weight is 270 g/mol. The van der Waals surface area contributed by atoms with E-state index in [1.165, 1.54) is 18.5 Å². The van der Waals surface area contributed by atoms with Gasteiger partial charge in [-0.25, -0.2) is 19.3 Å². The highest BCUT2D eigenvalue weighted by molar-refractivity contribution is 5.77. The van der Waals surface area contributed by atoms with Crippen LogP contribution in [0.3, 0.4) is 0 Å². The van der Waals surface area contributed by atoms with Crippen LogP contribution in [0.5, 0.6) is 5.88 Å². The minimum Gasteiger partial charge on any atom is -0.476 e. The summed E-state index contributed by atoms with van der Waals surface area (Å²) in [5.41, 5.74) is 2.35. The van der Waals surface area contributed by atoms with Crippen molar-refractivity contribution in [1.82, 2.24) is 19.9 Å². The van der Waals surface area contributed by atoms with Gasteiger partial charge >= 0.3 is 0 Å². The Kier molecular flexibility index (Phi) is 3.20. The third-order valence-electron chi connectivity index (χ3n) is 2.73. The first-order valence-corrected chi connectivity index (χ1v) is 6.14. The fourth-order valence-corrected chi connectivity index (χ4v) is 1.82. The van der Waals surface area contributed by atoms with Crippen molar-refractivity contribution in [2.24, 2.45) is 0 Å². The van der Waals surface area contributed by atoms with Crippen molar-refractivity contribution in [3.63, 3.8) is 0 Å². The maximum Gasteiger partial charge on any atom is 0.245 e. The molecule has 0 spiro atoms. The Labute approximate surface area is 114 Å². The number of hydrogen-bond donors (Lipinski definition) is 0. The standard InChI is InChI=1S/C14H11FN4O/c1-2-20-14-12-13(17-8-18-14)16-7-11(19-12)9-3-5-10(15)6-4-9/h3-8H,2H2,1H3. The fourth-order valence-electron chi connectivity index (χ4n) is 1.82. The Morgan fingerprint density at radius 3 is 2.65 bits per heavy atom. The van der Waals surface area contributed by atoms with Crippen LogP contribution in [0, 0.1) is 5.82 Å². The van der Waals surface area contributed by atoms with Crippen LogP contribution < -0.4 is 4.74 Å². The zero-order valence-corrected chi connectivity index (χ0v) is 10.7. The molecule has 0 saturated carbocycles. The van der Waals surface area contributed by atoms with Gasteiger partial charge in [-0.05, 0) is 31.2 Å². The van der Waals surface area contributed by atoms with E-state index in [-0.39, 0.29) is 5.82 Å². The Hall–Kier alpha value is -2.63. The molecule has 3 rings (SSSR count). The van der Waals surface area contributed by atoms with E-state index in [1.54, 1.807) is 18.3 Å². The molecule has 6 heteroatoms. The van der Waals surface area contributed by atoms with Crippen LogP contribution in [0.1, 0.15) is 6.92 Å². The van der Waals surface area contributed by atoms with Crippen molar-refractivity contribution >= 4 is 11.2 Å².